The van der Waals surface area contributed by atoms with Gasteiger partial charge in [-0.25, -0.2) is 24.5 Å². The fraction of sp³-hybridized carbons (Fsp3) is 0.423. The molecule has 534 valence electrons. The number of alkyl carbamates (subject to hydrolysis) is 2. The molecule has 0 radical (unpaired) electrons. The van der Waals surface area contributed by atoms with Gasteiger partial charge in [0, 0.05) is 44.0 Å². The van der Waals surface area contributed by atoms with Crippen LogP contribution in [0.1, 0.15) is 158 Å². The summed E-state index contributed by atoms with van der Waals surface area (Å²) in [4.78, 5) is 113. The van der Waals surface area contributed by atoms with Crippen LogP contribution in [0.3, 0.4) is 0 Å². The Kier molecular flexibility index (Phi) is 30.4. The molecule has 0 bridgehead atoms. The number of benzene rings is 4. The molecule has 0 unspecified atom stereocenters. The fourth-order valence-electron chi connectivity index (χ4n) is 9.88. The second kappa shape index (κ2) is 37.1. The molecule has 3 aromatic heterocycles. The molecule has 0 spiro atoms. The summed E-state index contributed by atoms with van der Waals surface area (Å²) in [6, 6.07) is 26.4. The van der Waals surface area contributed by atoms with Crippen LogP contribution < -0.4 is 38.1 Å². The zero-order valence-electron chi connectivity index (χ0n) is 58.2. The summed E-state index contributed by atoms with van der Waals surface area (Å²) in [6.07, 6.45) is -2.07. The molecular weight excluding hydrogens is 1390 g/mol. The minimum Gasteiger partial charge on any atom is -0.481 e. The van der Waals surface area contributed by atoms with Gasteiger partial charge in [0.25, 0.3) is 0 Å². The van der Waals surface area contributed by atoms with Gasteiger partial charge in [-0.05, 0) is 119 Å². The topological polar surface area (TPSA) is 370 Å². The van der Waals surface area contributed by atoms with Crippen molar-refractivity contribution in [3.8, 4) is 31.3 Å². The second-order valence-electron chi connectivity index (χ2n) is 26.5. The zero-order valence-corrected chi connectivity index (χ0v) is 62.3. The number of carboxylic acid groups (broad SMARTS) is 2. The van der Waals surface area contributed by atoms with Crippen molar-refractivity contribution < 1.29 is 63.1 Å². The van der Waals surface area contributed by atoms with E-state index in [0.717, 1.165) is 59.1 Å². The molecule has 1 fully saturated rings. The van der Waals surface area contributed by atoms with Gasteiger partial charge in [-0.15, -0.1) is 34.0 Å². The monoisotopic (exact) mass is 1480 g/mol. The van der Waals surface area contributed by atoms with Crippen LogP contribution in [0.2, 0.25) is 0 Å². The Bertz CT molecular complexity index is 3830. The summed E-state index contributed by atoms with van der Waals surface area (Å²) in [5, 5.41) is 41.7. The molecule has 7 atom stereocenters. The lowest BCUT2D eigenvalue weighted by Crippen LogP contribution is -2.55. The minimum absolute atomic E-state index is 0.0336. The molecule has 12 N–H and O–H groups in total. The quantitative estimate of drug-likeness (QED) is 0.0339. The summed E-state index contributed by atoms with van der Waals surface area (Å²) in [6.45, 7) is 22.0. The van der Waals surface area contributed by atoms with Crippen molar-refractivity contribution in [1.29, 1.82) is 0 Å². The first-order valence-electron chi connectivity index (χ1n) is 31.8. The summed E-state index contributed by atoms with van der Waals surface area (Å²) in [5.41, 5.74) is 25.0. The van der Waals surface area contributed by atoms with Crippen molar-refractivity contribution in [3.05, 3.63) is 157 Å². The molecule has 1 saturated heterocycles. The fourth-order valence-corrected chi connectivity index (χ4v) is 12.6. The largest absolute Gasteiger partial charge is 0.481 e. The average molecular weight is 1480 g/mol. The first kappa shape index (κ1) is 81.2. The van der Waals surface area contributed by atoms with Crippen molar-refractivity contribution in [1.82, 2.24) is 46.4 Å². The number of β-amino-alcohol motifs (C(OH)–C–C–N with tert-alkyl or cyclic N) is 1. The van der Waals surface area contributed by atoms with Gasteiger partial charge in [0.05, 0.1) is 97.8 Å². The van der Waals surface area contributed by atoms with Gasteiger partial charge in [-0.3, -0.25) is 28.8 Å². The van der Waals surface area contributed by atoms with E-state index in [-0.39, 0.29) is 56.0 Å². The number of aliphatic hydroxyl groups excluding tert-OH is 1. The molecule has 0 aliphatic carbocycles. The Balaban J connectivity index is 0.000000246. The van der Waals surface area contributed by atoms with Crippen molar-refractivity contribution in [2.24, 2.45) is 16.9 Å². The molecular formula is C71H92BrN11O13S3. The second-order valence-corrected chi connectivity index (χ2v) is 30.0. The van der Waals surface area contributed by atoms with Gasteiger partial charge in [0.1, 0.15) is 17.2 Å². The molecule has 4 heterocycles. The number of hydrogen-bond acceptors (Lipinski definition) is 19. The smallest absolute Gasteiger partial charge is 0.408 e. The van der Waals surface area contributed by atoms with E-state index in [9.17, 15) is 43.5 Å². The normalized spacial score (nSPS) is 15.0. The lowest BCUT2D eigenvalue weighted by atomic mass is 9.86. The van der Waals surface area contributed by atoms with Gasteiger partial charge >= 0.3 is 24.1 Å². The predicted octanol–water partition coefficient (Wildman–Crippen LogP) is 11.7. The lowest BCUT2D eigenvalue weighted by Gasteiger charge is -2.33. The molecule has 6 amide bonds. The highest BCUT2D eigenvalue weighted by Crippen LogP contribution is 2.33. The molecule has 1 aliphatic heterocycles. The molecule has 28 heteroatoms. The number of nitrogens with one attached hydrogen (secondary N) is 5. The first-order chi connectivity index (χ1) is 46.4. The number of amides is 6. The standard InChI is InChI=1S/C25H35N5O4S.C18H22N2O4S.C14H18BrNO4.C14H17N3OS/c1-14-21(35-13-28-14)16-8-6-15(7-9-16)18(11-20(32)27-5)29-23(33)19-10-17(31)12-30(19)24(34)22(26)25(2,3)4;1-11-16(25-10-19-11)13-7-5-12(6-8-13)14(9-15(21)22)20-17(23)24-18(2,3)4;1-14(2,3)20-13(19)16-11(8-12(17)18)9-4-6-10(15)7-5-9;1-9-14(19-8-17-9)11-5-3-10(4-6-11)12(15)7-13(18)16-2/h6-9,13,17-19,22,31H,10-12,26H2,1-5H3,(H,27,32)(H,29,33);5-8,10,14H,9H2,1-4H3,(H,20,23)(H,21,22);4-7,11H,8H2,1-3H3,(H,16,19)(H,17,18);3-6,8,12H,7,15H2,1-2H3,(H,16,18)/t17-,18+,19+,22-;14-;11-;12-/m1000/s1. The van der Waals surface area contributed by atoms with E-state index in [1.54, 1.807) is 125 Å². The maximum Gasteiger partial charge on any atom is 0.408 e. The Labute approximate surface area is 598 Å². The number of hydrogen-bond donors (Lipinski definition) is 10. The Hall–Kier alpha value is -8.51. The van der Waals surface area contributed by atoms with Crippen LogP contribution in [-0.4, -0.2) is 133 Å². The predicted molar refractivity (Wildman–Crippen MR) is 388 cm³/mol. The highest BCUT2D eigenvalue weighted by molar-refractivity contribution is 9.10. The number of rotatable bonds is 20. The number of aliphatic carboxylic acids is 2. The van der Waals surface area contributed by atoms with Crippen LogP contribution in [0, 0.1) is 26.2 Å². The molecule has 0 saturated carbocycles. The maximum absolute atomic E-state index is 13.3. The van der Waals surface area contributed by atoms with Crippen molar-refractivity contribution in [3.63, 3.8) is 0 Å². The van der Waals surface area contributed by atoms with Crippen LogP contribution in [0.25, 0.3) is 31.3 Å². The van der Waals surface area contributed by atoms with E-state index in [1.807, 2.05) is 120 Å². The third kappa shape index (κ3) is 26.3. The van der Waals surface area contributed by atoms with Crippen molar-refractivity contribution >= 4 is 97.7 Å². The van der Waals surface area contributed by atoms with Crippen LogP contribution in [0.4, 0.5) is 9.59 Å². The number of halogens is 1. The van der Waals surface area contributed by atoms with E-state index in [1.165, 1.54) is 9.78 Å². The average Bonchev–Trinajstić information content (AvgIpc) is 1.73. The zero-order chi connectivity index (χ0) is 73.7. The number of carboxylic acids is 2. The van der Waals surface area contributed by atoms with Crippen LogP contribution in [0.5, 0.6) is 0 Å². The molecule has 8 rings (SSSR count). The Morgan fingerprint density at radius 3 is 1.21 bits per heavy atom. The van der Waals surface area contributed by atoms with E-state index in [0.29, 0.717) is 17.5 Å². The van der Waals surface area contributed by atoms with E-state index in [4.69, 9.17) is 31.2 Å². The molecule has 4 aromatic carbocycles. The van der Waals surface area contributed by atoms with Crippen molar-refractivity contribution in [2.45, 2.75) is 169 Å². The summed E-state index contributed by atoms with van der Waals surface area (Å²) in [7, 11) is 3.16. The van der Waals surface area contributed by atoms with E-state index < -0.39 is 83.0 Å². The number of carbonyl (C=O) groups excluding carboxylic acids is 6. The number of nitrogens with zero attached hydrogens (tertiary/aromatic N) is 4. The summed E-state index contributed by atoms with van der Waals surface area (Å²) in [5.74, 6) is -3.06. The lowest BCUT2D eigenvalue weighted by molar-refractivity contribution is -0.141. The molecule has 99 heavy (non-hydrogen) atoms. The first-order valence-corrected chi connectivity index (χ1v) is 35.2. The van der Waals surface area contributed by atoms with Crippen LogP contribution in [-0.2, 0) is 38.2 Å². The number of thiazole rings is 3. The van der Waals surface area contributed by atoms with Crippen molar-refractivity contribution in [2.75, 3.05) is 20.6 Å². The van der Waals surface area contributed by atoms with E-state index >= 15 is 0 Å². The highest BCUT2D eigenvalue weighted by atomic mass is 79.9. The van der Waals surface area contributed by atoms with Gasteiger partial charge in [0.2, 0.25) is 23.6 Å². The SMILES string of the molecule is CC(C)(C)OC(=O)N[C@@H](CC(=O)O)c1ccc(Br)cc1.CNC(=O)C[C@H](N)c1ccc(-c2scnc2C)cc1.CNC(=O)C[C@H](NC(=O)[C@@H]1C[C@@H](O)CN1C(=O)[C@@H](N)C(C)(C)C)c1ccc(-c2scnc2C)cc1.Cc1ncsc1-c1ccc([C@H](CC(=O)O)NC(=O)OC(C)(C)C)cc1. The highest BCUT2D eigenvalue weighted by Gasteiger charge is 2.43. The van der Waals surface area contributed by atoms with Gasteiger partial charge < -0.3 is 67.7 Å². The van der Waals surface area contributed by atoms with Gasteiger partial charge in [-0.1, -0.05) is 122 Å². The maximum atomic E-state index is 13.3. The number of aliphatic hydroxyl groups is 1. The third-order valence-electron chi connectivity index (χ3n) is 15.1. The molecule has 24 nitrogen and oxygen atoms in total. The Morgan fingerprint density at radius 1 is 0.545 bits per heavy atom. The number of carbonyl (C=O) groups is 8. The van der Waals surface area contributed by atoms with Crippen LogP contribution >= 0.6 is 49.9 Å². The molecule has 7 aromatic rings. The van der Waals surface area contributed by atoms with E-state index in [2.05, 4.69) is 57.5 Å². The number of aryl methyl sites for hydroxylation is 3. The third-order valence-corrected chi connectivity index (χ3v) is 18.6. The number of nitrogens with two attached hydrogens (primary N) is 2. The molecule has 1 aliphatic rings. The summed E-state index contributed by atoms with van der Waals surface area (Å²) >= 11 is 8.03. The number of likely N-dealkylation sites (tertiary alicyclic amines) is 1. The van der Waals surface area contributed by atoms with Gasteiger partial charge in [-0.2, -0.15) is 0 Å². The van der Waals surface area contributed by atoms with Gasteiger partial charge in [0.15, 0.2) is 0 Å². The number of ether oxygens (including phenoxy) is 2. The summed E-state index contributed by atoms with van der Waals surface area (Å²) < 4.78 is 11.2. The van der Waals surface area contributed by atoms with Crippen LogP contribution in [0.15, 0.2) is 118 Å². The minimum atomic E-state index is -0.997. The number of aromatic nitrogens is 3. The Morgan fingerprint density at radius 2 is 0.889 bits per heavy atom.